The van der Waals surface area contributed by atoms with Crippen LogP contribution in [0.5, 0.6) is 5.75 Å². The predicted octanol–water partition coefficient (Wildman–Crippen LogP) is 4.83. The monoisotopic (exact) mass is 272 g/mol. The topological polar surface area (TPSA) is 26.3 Å². The molecule has 0 aliphatic carbocycles. The first-order chi connectivity index (χ1) is 9.81. The van der Waals surface area contributed by atoms with E-state index in [2.05, 4.69) is 13.0 Å². The number of fused-ring (bicyclic) bond motifs is 1. The number of hydrogen-bond donors (Lipinski definition) is 0. The molecule has 0 spiro atoms. The minimum Gasteiger partial charge on any atom is -0.423 e. The molecule has 0 saturated carbocycles. The Bertz CT molecular complexity index is 474. The van der Waals surface area contributed by atoms with Crippen molar-refractivity contribution in [2.45, 2.75) is 58.3 Å². The molecule has 108 valence electrons. The average Bonchev–Trinajstić information content (AvgIpc) is 2.46. The molecule has 0 saturated heterocycles. The molecule has 1 aliphatic rings. The summed E-state index contributed by atoms with van der Waals surface area (Å²) in [5.41, 5.74) is 1.93. The van der Waals surface area contributed by atoms with Gasteiger partial charge in [0.05, 0.1) is 0 Å². The highest BCUT2D eigenvalue weighted by molar-refractivity contribution is 5.92. The van der Waals surface area contributed by atoms with Crippen molar-refractivity contribution < 1.29 is 9.53 Å². The number of carbonyl (C=O) groups is 1. The van der Waals surface area contributed by atoms with Gasteiger partial charge in [-0.3, -0.25) is 0 Å². The van der Waals surface area contributed by atoms with E-state index in [-0.39, 0.29) is 5.97 Å². The van der Waals surface area contributed by atoms with Gasteiger partial charge in [0.1, 0.15) is 5.75 Å². The van der Waals surface area contributed by atoms with E-state index in [4.69, 9.17) is 4.74 Å². The van der Waals surface area contributed by atoms with Crippen molar-refractivity contribution in [3.05, 3.63) is 41.5 Å². The molecule has 1 heterocycles. The van der Waals surface area contributed by atoms with Crippen molar-refractivity contribution in [3.63, 3.8) is 0 Å². The fourth-order valence-corrected chi connectivity index (χ4v) is 2.55. The summed E-state index contributed by atoms with van der Waals surface area (Å²) in [7, 11) is 0. The van der Waals surface area contributed by atoms with Crippen molar-refractivity contribution in [1.29, 1.82) is 0 Å². The van der Waals surface area contributed by atoms with Crippen LogP contribution in [0.4, 0.5) is 0 Å². The first-order valence-corrected chi connectivity index (χ1v) is 7.80. The molecule has 0 radical (unpaired) electrons. The predicted molar refractivity (Wildman–Crippen MR) is 81.9 cm³/mol. The second-order valence-corrected chi connectivity index (χ2v) is 5.46. The number of ether oxygens (including phenoxy) is 1. The van der Waals surface area contributed by atoms with E-state index in [0.29, 0.717) is 12.2 Å². The highest BCUT2D eigenvalue weighted by atomic mass is 16.5. The van der Waals surface area contributed by atoms with Gasteiger partial charge in [0, 0.05) is 12.0 Å². The van der Waals surface area contributed by atoms with Gasteiger partial charge in [0.2, 0.25) is 0 Å². The van der Waals surface area contributed by atoms with E-state index in [1.807, 2.05) is 24.3 Å². The van der Waals surface area contributed by atoms with Gasteiger partial charge >= 0.3 is 5.97 Å². The van der Waals surface area contributed by atoms with Crippen LogP contribution in [0.15, 0.2) is 35.9 Å². The molecular formula is C18H24O2. The molecule has 1 aromatic rings. The van der Waals surface area contributed by atoms with Crippen LogP contribution in [0.1, 0.15) is 57.4 Å². The van der Waals surface area contributed by atoms with Crippen molar-refractivity contribution in [1.82, 2.24) is 0 Å². The van der Waals surface area contributed by atoms with Gasteiger partial charge in [-0.15, -0.1) is 0 Å². The second kappa shape index (κ2) is 7.88. The number of para-hydroxylation sites is 1. The van der Waals surface area contributed by atoms with Gasteiger partial charge in [-0.25, -0.2) is 4.79 Å². The first kappa shape index (κ1) is 14.8. The Hall–Kier alpha value is -1.57. The Kier molecular flexibility index (Phi) is 5.85. The Morgan fingerprint density at radius 1 is 1.10 bits per heavy atom. The van der Waals surface area contributed by atoms with Crippen molar-refractivity contribution in [3.8, 4) is 5.75 Å². The maximum atomic E-state index is 11.9. The van der Waals surface area contributed by atoms with Crippen LogP contribution in [0.3, 0.4) is 0 Å². The zero-order valence-electron chi connectivity index (χ0n) is 12.4. The van der Waals surface area contributed by atoms with Crippen LogP contribution >= 0.6 is 0 Å². The molecule has 0 N–H and O–H groups in total. The summed E-state index contributed by atoms with van der Waals surface area (Å²) < 4.78 is 5.35. The average molecular weight is 272 g/mol. The third-order valence-electron chi connectivity index (χ3n) is 3.77. The van der Waals surface area contributed by atoms with E-state index in [9.17, 15) is 4.79 Å². The summed E-state index contributed by atoms with van der Waals surface area (Å²) >= 11 is 0. The number of rotatable bonds is 7. The summed E-state index contributed by atoms with van der Waals surface area (Å²) in [5.74, 6) is 0.545. The fourth-order valence-electron chi connectivity index (χ4n) is 2.55. The SMILES string of the molecule is CCCCCCCC/C=C1\Cc2ccccc2OC1=O. The fraction of sp³-hybridized carbons (Fsp3) is 0.500. The first-order valence-electron chi connectivity index (χ1n) is 7.80. The molecule has 1 aromatic carbocycles. The van der Waals surface area contributed by atoms with Gasteiger partial charge in [-0.2, -0.15) is 0 Å². The van der Waals surface area contributed by atoms with Crippen LogP contribution in [-0.2, 0) is 11.2 Å². The minimum absolute atomic E-state index is 0.172. The Balaban J connectivity index is 1.78. The quantitative estimate of drug-likeness (QED) is 0.308. The molecule has 1 aliphatic heterocycles. The molecular weight excluding hydrogens is 248 g/mol. The third kappa shape index (κ3) is 4.22. The highest BCUT2D eigenvalue weighted by Gasteiger charge is 2.21. The van der Waals surface area contributed by atoms with Crippen LogP contribution in [0, 0.1) is 0 Å². The summed E-state index contributed by atoms with van der Waals surface area (Å²) in [5, 5.41) is 0. The molecule has 0 unspecified atom stereocenters. The Morgan fingerprint density at radius 3 is 2.70 bits per heavy atom. The molecule has 20 heavy (non-hydrogen) atoms. The number of carbonyl (C=O) groups excluding carboxylic acids is 1. The third-order valence-corrected chi connectivity index (χ3v) is 3.77. The lowest BCUT2D eigenvalue weighted by Gasteiger charge is -2.17. The summed E-state index contributed by atoms with van der Waals surface area (Å²) in [6.45, 7) is 2.23. The second-order valence-electron chi connectivity index (χ2n) is 5.46. The van der Waals surface area contributed by atoms with Crippen LogP contribution in [0.25, 0.3) is 0 Å². The summed E-state index contributed by atoms with van der Waals surface area (Å²) in [6.07, 6.45) is 11.5. The summed E-state index contributed by atoms with van der Waals surface area (Å²) in [6, 6.07) is 7.78. The zero-order chi connectivity index (χ0) is 14.2. The molecule has 0 bridgehead atoms. The molecule has 2 heteroatoms. The van der Waals surface area contributed by atoms with Gasteiger partial charge in [-0.1, -0.05) is 63.3 Å². The number of benzene rings is 1. The smallest absolute Gasteiger partial charge is 0.339 e. The lowest BCUT2D eigenvalue weighted by molar-refractivity contribution is -0.130. The number of hydrogen-bond acceptors (Lipinski definition) is 2. The lowest BCUT2D eigenvalue weighted by Crippen LogP contribution is -2.19. The highest BCUT2D eigenvalue weighted by Crippen LogP contribution is 2.27. The van der Waals surface area contributed by atoms with Gasteiger partial charge in [0.15, 0.2) is 0 Å². The standard InChI is InChI=1S/C18H24O2/c1-2-3-4-5-6-7-8-12-16-14-15-11-9-10-13-17(15)20-18(16)19/h9-13H,2-8,14H2,1H3/b16-12+. The van der Waals surface area contributed by atoms with E-state index < -0.39 is 0 Å². The molecule has 2 rings (SSSR count). The van der Waals surface area contributed by atoms with Gasteiger partial charge in [0.25, 0.3) is 0 Å². The van der Waals surface area contributed by atoms with Crippen LogP contribution in [-0.4, -0.2) is 5.97 Å². The van der Waals surface area contributed by atoms with Crippen molar-refractivity contribution in [2.24, 2.45) is 0 Å². The van der Waals surface area contributed by atoms with Crippen LogP contribution in [0.2, 0.25) is 0 Å². The maximum Gasteiger partial charge on any atom is 0.339 e. The normalized spacial score (nSPS) is 16.1. The molecule has 0 aromatic heterocycles. The van der Waals surface area contributed by atoms with Crippen LogP contribution < -0.4 is 4.74 Å². The molecule has 0 fully saturated rings. The molecule has 0 atom stereocenters. The Morgan fingerprint density at radius 2 is 1.85 bits per heavy atom. The van der Waals surface area contributed by atoms with E-state index in [1.165, 1.54) is 38.5 Å². The maximum absolute atomic E-state index is 11.9. The summed E-state index contributed by atoms with van der Waals surface area (Å²) in [4.78, 5) is 11.9. The lowest BCUT2D eigenvalue weighted by atomic mass is 10.00. The van der Waals surface area contributed by atoms with Crippen molar-refractivity contribution >= 4 is 5.97 Å². The largest absolute Gasteiger partial charge is 0.423 e. The van der Waals surface area contributed by atoms with E-state index >= 15 is 0 Å². The van der Waals surface area contributed by atoms with Crippen molar-refractivity contribution in [2.75, 3.05) is 0 Å². The molecule has 2 nitrogen and oxygen atoms in total. The number of unbranched alkanes of at least 4 members (excludes halogenated alkanes) is 6. The van der Waals surface area contributed by atoms with Gasteiger partial charge < -0.3 is 4.74 Å². The van der Waals surface area contributed by atoms with E-state index in [1.54, 1.807) is 0 Å². The van der Waals surface area contributed by atoms with Gasteiger partial charge in [-0.05, 0) is 24.5 Å². The van der Waals surface area contributed by atoms with E-state index in [0.717, 1.165) is 17.6 Å². The zero-order valence-corrected chi connectivity index (χ0v) is 12.4. The molecule has 0 amide bonds. The number of allylic oxidation sites excluding steroid dienone is 1. The number of esters is 1. The minimum atomic E-state index is -0.172. The Labute approximate surface area is 121 Å².